The van der Waals surface area contributed by atoms with Crippen LogP contribution >= 0.6 is 0 Å². The lowest BCUT2D eigenvalue weighted by Gasteiger charge is -2.14. The van der Waals surface area contributed by atoms with Crippen molar-refractivity contribution < 1.29 is 30.0 Å². The Hall–Kier alpha value is -2.11. The maximum atomic E-state index is 12.9. The van der Waals surface area contributed by atoms with Gasteiger partial charge in [0.1, 0.15) is 0 Å². The van der Waals surface area contributed by atoms with Gasteiger partial charge in [-0.25, -0.2) is 22.0 Å². The molecule has 0 saturated carbocycles. The smallest absolute Gasteiger partial charge is 0.279 e. The van der Waals surface area contributed by atoms with E-state index in [1.54, 1.807) is 0 Å². The van der Waals surface area contributed by atoms with E-state index in [4.69, 9.17) is 5.14 Å². The molecule has 0 radical (unpaired) electrons. The van der Waals surface area contributed by atoms with Crippen molar-refractivity contribution in [2.75, 3.05) is 4.72 Å². The van der Waals surface area contributed by atoms with E-state index >= 15 is 0 Å². The molecule has 0 aliphatic carbocycles. The number of anilines is 1. The molecule has 0 aromatic heterocycles. The quantitative estimate of drug-likeness (QED) is 0.848. The molecule has 0 saturated heterocycles. The lowest BCUT2D eigenvalue weighted by Crippen LogP contribution is -2.17. The van der Waals surface area contributed by atoms with Crippen LogP contribution in [0.5, 0.6) is 0 Å². The topological polar surface area (TPSA) is 106 Å². The van der Waals surface area contributed by atoms with Crippen LogP contribution in [0.3, 0.4) is 0 Å². The summed E-state index contributed by atoms with van der Waals surface area (Å²) < 4.78 is 87.1. The molecule has 0 spiro atoms. The van der Waals surface area contributed by atoms with Gasteiger partial charge in [-0.1, -0.05) is 12.1 Å². The second kappa shape index (κ2) is 6.07. The number of primary sulfonamides is 1. The van der Waals surface area contributed by atoms with E-state index in [9.17, 15) is 30.0 Å². The number of hydrogen-bond donors (Lipinski definition) is 2. The summed E-state index contributed by atoms with van der Waals surface area (Å²) in [5, 5.41) is 4.89. The van der Waals surface area contributed by atoms with Crippen LogP contribution in [-0.2, 0) is 26.2 Å². The SMILES string of the molecule is NS(=O)(=O)c1ccc(S(=O)(=O)Nc2ccccc2C(F)(F)F)cc1. The van der Waals surface area contributed by atoms with Gasteiger partial charge in [0, 0.05) is 0 Å². The van der Waals surface area contributed by atoms with Crippen molar-refractivity contribution >= 4 is 25.7 Å². The molecule has 0 unspecified atom stereocenters. The molecule has 0 aliphatic rings. The second-order valence-electron chi connectivity index (χ2n) is 4.67. The summed E-state index contributed by atoms with van der Waals surface area (Å²) in [5.41, 5.74) is -1.78. The highest BCUT2D eigenvalue weighted by Gasteiger charge is 2.34. The molecule has 24 heavy (non-hydrogen) atoms. The molecule has 0 aliphatic heterocycles. The van der Waals surface area contributed by atoms with Crippen molar-refractivity contribution in [3.8, 4) is 0 Å². The number of rotatable bonds is 4. The van der Waals surface area contributed by atoms with Gasteiger partial charge in [-0.15, -0.1) is 0 Å². The summed E-state index contributed by atoms with van der Waals surface area (Å²) in [7, 11) is -8.36. The first-order chi connectivity index (χ1) is 10.9. The van der Waals surface area contributed by atoms with Gasteiger partial charge in [-0.2, -0.15) is 13.2 Å². The molecule has 11 heteroatoms. The van der Waals surface area contributed by atoms with E-state index < -0.39 is 42.4 Å². The van der Waals surface area contributed by atoms with E-state index in [-0.39, 0.29) is 4.90 Å². The maximum Gasteiger partial charge on any atom is 0.418 e. The van der Waals surface area contributed by atoms with Crippen molar-refractivity contribution in [2.45, 2.75) is 16.0 Å². The van der Waals surface area contributed by atoms with E-state index in [0.717, 1.165) is 42.5 Å². The largest absolute Gasteiger partial charge is 0.418 e. The molecule has 0 atom stereocenters. The molecule has 2 rings (SSSR count). The third-order valence-corrected chi connectivity index (χ3v) is 5.25. The average molecular weight is 380 g/mol. The zero-order valence-electron chi connectivity index (χ0n) is 11.8. The number of para-hydroxylation sites is 1. The highest BCUT2D eigenvalue weighted by molar-refractivity contribution is 7.92. The van der Waals surface area contributed by atoms with Gasteiger partial charge < -0.3 is 0 Å². The number of alkyl halides is 3. The first-order valence-electron chi connectivity index (χ1n) is 6.23. The lowest BCUT2D eigenvalue weighted by atomic mass is 10.2. The van der Waals surface area contributed by atoms with Crippen molar-refractivity contribution in [3.05, 3.63) is 54.1 Å². The number of nitrogens with one attached hydrogen (secondary N) is 1. The van der Waals surface area contributed by atoms with E-state index in [1.807, 2.05) is 4.72 Å². The Balaban J connectivity index is 2.40. The van der Waals surface area contributed by atoms with Gasteiger partial charge in [0.05, 0.1) is 21.0 Å². The Morgan fingerprint density at radius 1 is 0.833 bits per heavy atom. The molecule has 0 bridgehead atoms. The first kappa shape index (κ1) is 18.2. The fourth-order valence-electron chi connectivity index (χ4n) is 1.83. The van der Waals surface area contributed by atoms with Gasteiger partial charge in [-0.3, -0.25) is 4.72 Å². The molecule has 2 aromatic carbocycles. The van der Waals surface area contributed by atoms with Crippen molar-refractivity contribution in [3.63, 3.8) is 0 Å². The van der Waals surface area contributed by atoms with Crippen LogP contribution in [-0.4, -0.2) is 16.8 Å². The zero-order chi connectivity index (χ0) is 18.2. The van der Waals surface area contributed by atoms with Crippen LogP contribution in [0.2, 0.25) is 0 Å². The minimum atomic E-state index is -4.74. The predicted octanol–water partition coefficient (Wildman–Crippen LogP) is 2.15. The minimum Gasteiger partial charge on any atom is -0.279 e. The van der Waals surface area contributed by atoms with Crippen molar-refractivity contribution in [1.82, 2.24) is 0 Å². The van der Waals surface area contributed by atoms with Crippen LogP contribution in [0.4, 0.5) is 18.9 Å². The van der Waals surface area contributed by atoms with Gasteiger partial charge in [0.15, 0.2) is 0 Å². The minimum absolute atomic E-state index is 0.322. The van der Waals surface area contributed by atoms with E-state index in [0.29, 0.717) is 0 Å². The molecule has 130 valence electrons. The normalized spacial score (nSPS) is 12.8. The first-order valence-corrected chi connectivity index (χ1v) is 9.26. The Morgan fingerprint density at radius 3 is 1.83 bits per heavy atom. The van der Waals surface area contributed by atoms with Gasteiger partial charge in [0.25, 0.3) is 10.0 Å². The van der Waals surface area contributed by atoms with Crippen LogP contribution in [0, 0.1) is 0 Å². The zero-order valence-corrected chi connectivity index (χ0v) is 13.4. The fourth-order valence-corrected chi connectivity index (χ4v) is 3.43. The molecule has 3 N–H and O–H groups in total. The Labute approximate surface area is 136 Å². The molecular formula is C13H11F3N2O4S2. The van der Waals surface area contributed by atoms with E-state index in [2.05, 4.69) is 0 Å². The van der Waals surface area contributed by atoms with Crippen molar-refractivity contribution in [2.24, 2.45) is 5.14 Å². The maximum absolute atomic E-state index is 12.9. The Bertz CT molecular complexity index is 953. The number of halogens is 3. The molecule has 0 amide bonds. The van der Waals surface area contributed by atoms with E-state index in [1.165, 1.54) is 6.07 Å². The number of sulfonamides is 2. The average Bonchev–Trinajstić information content (AvgIpc) is 2.45. The third-order valence-electron chi connectivity index (χ3n) is 2.94. The second-order valence-corrected chi connectivity index (χ2v) is 7.91. The van der Waals surface area contributed by atoms with Gasteiger partial charge in [-0.05, 0) is 36.4 Å². The molecule has 0 fully saturated rings. The Morgan fingerprint density at radius 2 is 1.33 bits per heavy atom. The summed E-state index contributed by atoms with van der Waals surface area (Å²) in [6, 6.07) is 7.83. The lowest BCUT2D eigenvalue weighted by molar-refractivity contribution is -0.136. The highest BCUT2D eigenvalue weighted by atomic mass is 32.2. The summed E-state index contributed by atoms with van der Waals surface area (Å²) in [4.78, 5) is -0.732. The van der Waals surface area contributed by atoms with Crippen LogP contribution < -0.4 is 9.86 Å². The summed E-state index contributed by atoms with van der Waals surface area (Å²) >= 11 is 0. The molecule has 6 nitrogen and oxygen atoms in total. The monoisotopic (exact) mass is 380 g/mol. The summed E-state index contributed by atoms with van der Waals surface area (Å²) in [5.74, 6) is 0. The number of nitrogens with two attached hydrogens (primary N) is 1. The third kappa shape index (κ3) is 4.04. The van der Waals surface area contributed by atoms with Crippen LogP contribution in [0.1, 0.15) is 5.56 Å². The number of benzene rings is 2. The summed E-state index contributed by atoms with van der Waals surface area (Å²) in [6.45, 7) is 0. The predicted molar refractivity (Wildman–Crippen MR) is 80.1 cm³/mol. The molecule has 0 heterocycles. The molecule has 2 aromatic rings. The van der Waals surface area contributed by atoms with Gasteiger partial charge >= 0.3 is 6.18 Å². The molecular weight excluding hydrogens is 369 g/mol. The van der Waals surface area contributed by atoms with Crippen molar-refractivity contribution in [1.29, 1.82) is 0 Å². The van der Waals surface area contributed by atoms with Gasteiger partial charge in [0.2, 0.25) is 10.0 Å². The highest BCUT2D eigenvalue weighted by Crippen LogP contribution is 2.35. The Kier molecular flexibility index (Phi) is 4.61. The fraction of sp³-hybridized carbons (Fsp3) is 0.0769. The summed E-state index contributed by atoms with van der Waals surface area (Å²) in [6.07, 6.45) is -4.74. The number of hydrogen-bond acceptors (Lipinski definition) is 4. The standard InChI is InChI=1S/C13H11F3N2O4S2/c14-13(15,16)11-3-1-2-4-12(11)18-24(21,22)10-7-5-9(6-8-10)23(17,19)20/h1-8,18H,(H2,17,19,20). The van der Waals surface area contributed by atoms with Crippen LogP contribution in [0.25, 0.3) is 0 Å². The van der Waals surface area contributed by atoms with Crippen LogP contribution in [0.15, 0.2) is 58.3 Å².